The van der Waals surface area contributed by atoms with E-state index in [9.17, 15) is 14.9 Å². The lowest BCUT2D eigenvalue weighted by molar-refractivity contribution is -0.392. The number of hydrogen-bond donors (Lipinski definition) is 0. The van der Waals surface area contributed by atoms with Gasteiger partial charge in [0.05, 0.1) is 0 Å². The van der Waals surface area contributed by atoms with Crippen molar-refractivity contribution in [3.8, 4) is 0 Å². The first-order chi connectivity index (χ1) is 7.56. The number of esters is 1. The van der Waals surface area contributed by atoms with Crippen molar-refractivity contribution in [3.63, 3.8) is 0 Å². The first-order valence-electron chi connectivity index (χ1n) is 4.88. The summed E-state index contributed by atoms with van der Waals surface area (Å²) >= 11 is 0. The van der Waals surface area contributed by atoms with Crippen molar-refractivity contribution >= 4 is 11.8 Å². The smallest absolute Gasteiger partial charge is 0.342 e. The Morgan fingerprint density at radius 2 is 2.38 bits per heavy atom. The molecule has 0 aliphatic heterocycles. The van der Waals surface area contributed by atoms with Crippen LogP contribution >= 0.6 is 0 Å². The van der Waals surface area contributed by atoms with Gasteiger partial charge in [-0.3, -0.25) is 4.79 Å². The predicted molar refractivity (Wildman–Crippen MR) is 54.9 cm³/mol. The van der Waals surface area contributed by atoms with Crippen LogP contribution in [0.5, 0.6) is 0 Å². The zero-order chi connectivity index (χ0) is 12.1. The van der Waals surface area contributed by atoms with Crippen LogP contribution in [0.4, 0.5) is 5.82 Å². The minimum absolute atomic E-state index is 0.0925. The van der Waals surface area contributed by atoms with Gasteiger partial charge in [0, 0.05) is 13.3 Å². The number of rotatable bonds is 5. The number of imidazole rings is 1. The van der Waals surface area contributed by atoms with Crippen LogP contribution in [0, 0.1) is 17.0 Å². The van der Waals surface area contributed by atoms with Crippen LogP contribution in [-0.2, 0) is 16.1 Å². The second-order valence-corrected chi connectivity index (χ2v) is 3.15. The normalized spacial score (nSPS) is 10.1. The van der Waals surface area contributed by atoms with E-state index < -0.39 is 4.92 Å². The molecule has 0 fully saturated rings. The number of nitrogens with zero attached hydrogens (tertiary/aromatic N) is 3. The summed E-state index contributed by atoms with van der Waals surface area (Å²) in [5, 5.41) is 10.6. The summed E-state index contributed by atoms with van der Waals surface area (Å²) in [6.07, 6.45) is 1.49. The van der Waals surface area contributed by atoms with Crippen molar-refractivity contribution in [2.24, 2.45) is 0 Å². The van der Waals surface area contributed by atoms with E-state index in [1.807, 2.05) is 0 Å². The first kappa shape index (κ1) is 12.2. The molecule has 0 amide bonds. The van der Waals surface area contributed by atoms with Gasteiger partial charge >= 0.3 is 11.8 Å². The van der Waals surface area contributed by atoms with Crippen molar-refractivity contribution < 1.29 is 14.5 Å². The van der Waals surface area contributed by atoms with Gasteiger partial charge < -0.3 is 14.9 Å². The number of ether oxygens (including phenoxy) is 1. The molecule has 88 valence electrons. The SMILES string of the molecule is CCC(=O)OCCn1c([N+](=O)[O-])cnc1C. The summed E-state index contributed by atoms with van der Waals surface area (Å²) in [5.41, 5.74) is 0. The quantitative estimate of drug-likeness (QED) is 0.426. The fourth-order valence-corrected chi connectivity index (χ4v) is 1.23. The maximum absolute atomic E-state index is 10.9. The second-order valence-electron chi connectivity index (χ2n) is 3.15. The van der Waals surface area contributed by atoms with Gasteiger partial charge in [0.1, 0.15) is 19.3 Å². The molecule has 0 N–H and O–H groups in total. The van der Waals surface area contributed by atoms with Gasteiger partial charge in [-0.2, -0.15) is 0 Å². The first-order valence-corrected chi connectivity index (χ1v) is 4.88. The van der Waals surface area contributed by atoms with E-state index in [0.29, 0.717) is 12.2 Å². The van der Waals surface area contributed by atoms with E-state index in [-0.39, 0.29) is 24.9 Å². The largest absolute Gasteiger partial charge is 0.461 e. The summed E-state index contributed by atoms with van der Waals surface area (Å²) in [5.74, 6) is 0.115. The molecule has 0 unspecified atom stereocenters. The van der Waals surface area contributed by atoms with E-state index >= 15 is 0 Å². The number of carbonyl (C=O) groups is 1. The van der Waals surface area contributed by atoms with Gasteiger partial charge in [0.15, 0.2) is 5.82 Å². The maximum atomic E-state index is 10.9. The molecule has 7 nitrogen and oxygen atoms in total. The topological polar surface area (TPSA) is 87.3 Å². The molecule has 1 aromatic rings. The lowest BCUT2D eigenvalue weighted by Gasteiger charge is -2.03. The minimum atomic E-state index is -0.512. The van der Waals surface area contributed by atoms with Crippen molar-refractivity contribution in [2.45, 2.75) is 26.8 Å². The molecular formula is C9H13N3O4. The van der Waals surface area contributed by atoms with Crippen LogP contribution in [0.25, 0.3) is 0 Å². The second kappa shape index (κ2) is 5.24. The summed E-state index contributed by atoms with van der Waals surface area (Å²) < 4.78 is 6.25. The van der Waals surface area contributed by atoms with Crippen LogP contribution in [0.1, 0.15) is 19.2 Å². The van der Waals surface area contributed by atoms with Gasteiger partial charge in [0.2, 0.25) is 0 Å². The molecule has 1 heterocycles. The highest BCUT2D eigenvalue weighted by molar-refractivity contribution is 5.68. The third kappa shape index (κ3) is 2.78. The van der Waals surface area contributed by atoms with E-state index in [0.717, 1.165) is 0 Å². The molecule has 16 heavy (non-hydrogen) atoms. The summed E-state index contributed by atoms with van der Waals surface area (Å²) in [6.45, 7) is 3.71. The summed E-state index contributed by atoms with van der Waals surface area (Å²) in [7, 11) is 0. The number of aryl methyl sites for hydroxylation is 1. The summed E-state index contributed by atoms with van der Waals surface area (Å²) in [4.78, 5) is 24.8. The Kier molecular flexibility index (Phi) is 3.98. The fraction of sp³-hybridized carbons (Fsp3) is 0.556. The van der Waals surface area contributed by atoms with Gasteiger partial charge in [-0.05, 0) is 4.92 Å². The molecule has 7 heteroatoms. The van der Waals surface area contributed by atoms with Crippen molar-refractivity contribution in [2.75, 3.05) is 6.61 Å². The van der Waals surface area contributed by atoms with Crippen LogP contribution in [0.2, 0.25) is 0 Å². The summed E-state index contributed by atoms with van der Waals surface area (Å²) in [6, 6.07) is 0. The minimum Gasteiger partial charge on any atom is -0.461 e. The Bertz CT molecular complexity index is 399. The monoisotopic (exact) mass is 227 g/mol. The van der Waals surface area contributed by atoms with Crippen LogP contribution in [0.3, 0.4) is 0 Å². The molecule has 1 rings (SSSR count). The highest BCUT2D eigenvalue weighted by atomic mass is 16.6. The molecule has 0 spiro atoms. The standard InChI is InChI=1S/C9H13N3O4/c1-3-9(13)16-5-4-11-7(2)10-6-8(11)12(14)15/h6H,3-5H2,1-2H3. The third-order valence-corrected chi connectivity index (χ3v) is 2.09. The Morgan fingerprint density at radius 1 is 1.69 bits per heavy atom. The fourth-order valence-electron chi connectivity index (χ4n) is 1.23. The number of nitro groups is 1. The van der Waals surface area contributed by atoms with E-state index in [1.54, 1.807) is 13.8 Å². The molecular weight excluding hydrogens is 214 g/mol. The van der Waals surface area contributed by atoms with Crippen molar-refractivity contribution in [1.82, 2.24) is 9.55 Å². The zero-order valence-electron chi connectivity index (χ0n) is 9.17. The molecule has 0 saturated heterocycles. The van der Waals surface area contributed by atoms with Crippen LogP contribution < -0.4 is 0 Å². The van der Waals surface area contributed by atoms with Gasteiger partial charge in [-0.15, -0.1) is 0 Å². The number of aromatic nitrogens is 2. The lowest BCUT2D eigenvalue weighted by Crippen LogP contribution is -2.13. The van der Waals surface area contributed by atoms with Crippen molar-refractivity contribution in [1.29, 1.82) is 0 Å². The highest BCUT2D eigenvalue weighted by Crippen LogP contribution is 2.12. The van der Waals surface area contributed by atoms with Crippen LogP contribution in [-0.4, -0.2) is 27.1 Å². The molecule has 0 saturated carbocycles. The van der Waals surface area contributed by atoms with E-state index in [2.05, 4.69) is 4.98 Å². The van der Waals surface area contributed by atoms with Gasteiger partial charge in [-0.25, -0.2) is 9.55 Å². The zero-order valence-corrected chi connectivity index (χ0v) is 9.17. The molecule has 0 atom stereocenters. The van der Waals surface area contributed by atoms with Crippen molar-refractivity contribution in [3.05, 3.63) is 22.1 Å². The van der Waals surface area contributed by atoms with Crippen LogP contribution in [0.15, 0.2) is 6.20 Å². The number of hydrogen-bond acceptors (Lipinski definition) is 5. The highest BCUT2D eigenvalue weighted by Gasteiger charge is 2.17. The maximum Gasteiger partial charge on any atom is 0.342 e. The van der Waals surface area contributed by atoms with E-state index in [4.69, 9.17) is 4.74 Å². The Morgan fingerprint density at radius 3 is 2.94 bits per heavy atom. The molecule has 0 bridgehead atoms. The average Bonchev–Trinajstić information content (AvgIpc) is 2.60. The third-order valence-electron chi connectivity index (χ3n) is 2.09. The van der Waals surface area contributed by atoms with Gasteiger partial charge in [-0.1, -0.05) is 6.92 Å². The Hall–Kier alpha value is -1.92. The molecule has 0 aliphatic rings. The predicted octanol–water partition coefficient (Wildman–Crippen LogP) is 1.05. The molecule has 0 radical (unpaired) electrons. The Balaban J connectivity index is 2.62. The molecule has 0 aromatic carbocycles. The Labute approximate surface area is 92.2 Å². The molecule has 1 aromatic heterocycles. The average molecular weight is 227 g/mol. The number of carbonyl (C=O) groups excluding carboxylic acids is 1. The lowest BCUT2D eigenvalue weighted by atomic mass is 10.5. The van der Waals surface area contributed by atoms with E-state index in [1.165, 1.54) is 10.8 Å². The molecule has 0 aliphatic carbocycles. The van der Waals surface area contributed by atoms with Gasteiger partial charge in [0.25, 0.3) is 0 Å².